The van der Waals surface area contributed by atoms with Crippen LogP contribution in [0.3, 0.4) is 0 Å². The first-order valence-corrected chi connectivity index (χ1v) is 11.8. The summed E-state index contributed by atoms with van der Waals surface area (Å²) in [4.78, 5) is 36.3. The van der Waals surface area contributed by atoms with Crippen molar-refractivity contribution in [2.45, 2.75) is 51.6 Å². The number of ether oxygens (including phenoxy) is 1. The number of rotatable bonds is 4. The molecule has 0 spiro atoms. The Morgan fingerprint density at radius 1 is 1.33 bits per heavy atom. The SMILES string of the molecule is C#Cc1cn(C2CCC(C(O)(O)O[P+]3(O)OCc4cc(Cl)ccc4O3)O2)c(=O)[nH]c1=O.CC. The summed E-state index contributed by atoms with van der Waals surface area (Å²) >= 11 is 5.90. The zero-order valence-corrected chi connectivity index (χ0v) is 19.4. The second-order valence-electron chi connectivity index (χ2n) is 6.85. The van der Waals surface area contributed by atoms with Crippen LogP contribution in [0.5, 0.6) is 5.75 Å². The normalized spacial score (nSPS) is 24.2. The predicted octanol–water partition coefficient (Wildman–Crippen LogP) is 1.81. The lowest BCUT2D eigenvalue weighted by atomic mass is 10.2. The van der Waals surface area contributed by atoms with Crippen LogP contribution in [0, 0.1) is 12.3 Å². The first kappa shape index (κ1) is 25.4. The summed E-state index contributed by atoms with van der Waals surface area (Å²) in [5.74, 6) is -0.649. The van der Waals surface area contributed by atoms with E-state index in [0.717, 1.165) is 10.8 Å². The number of halogens is 1. The number of fused-ring (bicyclic) bond motifs is 1. The lowest BCUT2D eigenvalue weighted by Gasteiger charge is -2.29. The minimum atomic E-state index is -4.17. The molecule has 3 heterocycles. The molecule has 3 atom stereocenters. The standard InChI is InChI=1S/C18H16ClN2O9P.C2H6/c1-2-10-8-21(17(23)20-16(10)22)15-6-5-14(28-15)18(24,25)30-31(26)27-9-11-7-12(19)3-4-13(11)29-31;1-2/h1,3-4,7-8,14-15,24-26H,5-6,9H2;1-2H3/p+1. The molecule has 2 aliphatic rings. The maximum atomic E-state index is 12.1. The molecule has 0 radical (unpaired) electrons. The second kappa shape index (κ2) is 9.93. The highest BCUT2D eigenvalue weighted by molar-refractivity contribution is 7.55. The first-order chi connectivity index (χ1) is 15.6. The van der Waals surface area contributed by atoms with Gasteiger partial charge in [-0.15, -0.1) is 10.9 Å². The highest BCUT2D eigenvalue weighted by Gasteiger charge is 2.60. The van der Waals surface area contributed by atoms with Gasteiger partial charge < -0.3 is 14.9 Å². The molecule has 4 N–H and O–H groups in total. The van der Waals surface area contributed by atoms with Crippen molar-refractivity contribution >= 4 is 19.8 Å². The van der Waals surface area contributed by atoms with Crippen molar-refractivity contribution in [2.24, 2.45) is 0 Å². The van der Waals surface area contributed by atoms with Crippen LogP contribution >= 0.6 is 19.8 Å². The zero-order chi connectivity index (χ0) is 24.4. The van der Waals surface area contributed by atoms with Gasteiger partial charge >= 0.3 is 19.8 Å². The summed E-state index contributed by atoms with van der Waals surface area (Å²) < 4.78 is 22.1. The summed E-state index contributed by atoms with van der Waals surface area (Å²) in [6, 6.07) is 4.58. The van der Waals surface area contributed by atoms with E-state index in [1.807, 2.05) is 13.8 Å². The third kappa shape index (κ3) is 5.46. The largest absolute Gasteiger partial charge is 0.625 e. The average Bonchev–Trinajstić information content (AvgIpc) is 3.26. The van der Waals surface area contributed by atoms with Crippen molar-refractivity contribution in [1.82, 2.24) is 9.55 Å². The van der Waals surface area contributed by atoms with E-state index in [1.54, 1.807) is 6.07 Å². The quantitative estimate of drug-likeness (QED) is 0.279. The third-order valence-electron chi connectivity index (χ3n) is 4.72. The van der Waals surface area contributed by atoms with Gasteiger partial charge in [-0.1, -0.05) is 35.9 Å². The summed E-state index contributed by atoms with van der Waals surface area (Å²) in [5.41, 5.74) is -1.05. The molecule has 0 aliphatic carbocycles. The molecule has 2 aromatic rings. The fraction of sp³-hybridized carbons (Fsp3) is 0.400. The third-order valence-corrected chi connectivity index (χ3v) is 6.34. The Bertz CT molecular complexity index is 1180. The van der Waals surface area contributed by atoms with Crippen molar-refractivity contribution in [1.29, 1.82) is 0 Å². The number of aliphatic hydroxyl groups is 2. The lowest BCUT2D eigenvalue weighted by molar-refractivity contribution is -0.351. The van der Waals surface area contributed by atoms with E-state index in [9.17, 15) is 24.7 Å². The molecule has 4 rings (SSSR count). The van der Waals surface area contributed by atoms with Crippen molar-refractivity contribution in [2.75, 3.05) is 0 Å². The van der Waals surface area contributed by atoms with Gasteiger partial charge in [-0.05, 0) is 31.0 Å². The highest BCUT2D eigenvalue weighted by Crippen LogP contribution is 2.63. The Morgan fingerprint density at radius 2 is 2.06 bits per heavy atom. The average molecular weight is 502 g/mol. The fourth-order valence-corrected chi connectivity index (χ4v) is 4.75. The minimum absolute atomic E-state index is 0.0286. The van der Waals surface area contributed by atoms with Crippen LogP contribution in [0.4, 0.5) is 0 Å². The van der Waals surface area contributed by atoms with Crippen molar-refractivity contribution in [3.63, 3.8) is 0 Å². The Balaban J connectivity index is 0.00000149. The lowest BCUT2D eigenvalue weighted by Crippen LogP contribution is -2.45. The number of benzene rings is 1. The Labute approximate surface area is 194 Å². The molecule has 11 nitrogen and oxygen atoms in total. The number of hydrogen-bond acceptors (Lipinski definition) is 9. The zero-order valence-electron chi connectivity index (χ0n) is 17.7. The van der Waals surface area contributed by atoms with Gasteiger partial charge in [0.05, 0.1) is 0 Å². The van der Waals surface area contributed by atoms with Crippen LogP contribution in [0.1, 0.15) is 44.0 Å². The molecule has 2 aliphatic heterocycles. The van der Waals surface area contributed by atoms with Gasteiger partial charge in [0.2, 0.25) is 0 Å². The van der Waals surface area contributed by atoms with Crippen LogP contribution in [-0.2, 0) is 20.4 Å². The number of aromatic nitrogens is 2. The van der Waals surface area contributed by atoms with E-state index in [2.05, 4.69) is 10.9 Å². The van der Waals surface area contributed by atoms with Gasteiger partial charge in [-0.25, -0.2) is 4.79 Å². The molecular weight excluding hydrogens is 479 g/mol. The van der Waals surface area contributed by atoms with E-state index >= 15 is 0 Å². The maximum Gasteiger partial charge on any atom is 0.625 e. The molecule has 1 fully saturated rings. The first-order valence-electron chi connectivity index (χ1n) is 9.97. The van der Waals surface area contributed by atoms with Gasteiger partial charge in [0.25, 0.3) is 5.56 Å². The number of nitrogens with zero attached hydrogens (tertiary/aromatic N) is 1. The number of H-pyrrole nitrogens is 1. The maximum absolute atomic E-state index is 12.1. The van der Waals surface area contributed by atoms with Crippen molar-refractivity contribution in [3.05, 3.63) is 61.4 Å². The van der Waals surface area contributed by atoms with Crippen LogP contribution in [0.15, 0.2) is 34.0 Å². The molecule has 1 aromatic carbocycles. The summed E-state index contributed by atoms with van der Waals surface area (Å²) in [6.45, 7) is 3.87. The molecular formula is C20H23ClN2O9P+. The monoisotopic (exact) mass is 501 g/mol. The predicted molar refractivity (Wildman–Crippen MR) is 118 cm³/mol. The molecule has 0 amide bonds. The Morgan fingerprint density at radius 3 is 2.76 bits per heavy atom. The Hall–Kier alpha value is -2.26. The number of aromatic amines is 1. The van der Waals surface area contributed by atoms with E-state index in [4.69, 9.17) is 36.3 Å². The van der Waals surface area contributed by atoms with Crippen LogP contribution in [0.2, 0.25) is 5.02 Å². The summed E-state index contributed by atoms with van der Waals surface area (Å²) in [6.07, 6.45) is 4.22. The van der Waals surface area contributed by atoms with E-state index < -0.39 is 37.7 Å². The molecule has 33 heavy (non-hydrogen) atoms. The highest BCUT2D eigenvalue weighted by atomic mass is 35.5. The van der Waals surface area contributed by atoms with Crippen LogP contribution < -0.4 is 15.8 Å². The van der Waals surface area contributed by atoms with E-state index in [0.29, 0.717) is 10.6 Å². The molecule has 1 aromatic heterocycles. The number of nitrogens with one attached hydrogen (secondary N) is 1. The molecule has 0 bridgehead atoms. The van der Waals surface area contributed by atoms with E-state index in [-0.39, 0.29) is 30.8 Å². The van der Waals surface area contributed by atoms with Crippen LogP contribution in [-0.4, -0.2) is 36.7 Å². The van der Waals surface area contributed by atoms with Crippen molar-refractivity contribution in [3.8, 4) is 18.1 Å². The van der Waals surface area contributed by atoms with E-state index in [1.165, 1.54) is 12.1 Å². The smallest absolute Gasteiger partial charge is 0.346 e. The van der Waals surface area contributed by atoms with Gasteiger partial charge in [-0.3, -0.25) is 18.9 Å². The van der Waals surface area contributed by atoms with Gasteiger partial charge in [0, 0.05) is 16.8 Å². The van der Waals surface area contributed by atoms with Gasteiger partial charge in [-0.2, -0.15) is 4.89 Å². The van der Waals surface area contributed by atoms with Gasteiger partial charge in [0.15, 0.2) is 5.75 Å². The summed E-state index contributed by atoms with van der Waals surface area (Å²) in [7, 11) is -4.17. The van der Waals surface area contributed by atoms with Crippen LogP contribution in [0.25, 0.3) is 0 Å². The second-order valence-corrected chi connectivity index (χ2v) is 8.84. The molecule has 0 saturated carbocycles. The van der Waals surface area contributed by atoms with Crippen molar-refractivity contribution < 1.29 is 33.4 Å². The Kier molecular flexibility index (Phi) is 7.63. The molecule has 178 valence electrons. The number of terminal acetylenes is 1. The molecule has 3 unspecified atom stereocenters. The summed E-state index contributed by atoms with van der Waals surface area (Å²) in [5, 5.41) is 21.3. The minimum Gasteiger partial charge on any atom is -0.346 e. The molecule has 13 heteroatoms. The van der Waals surface area contributed by atoms with Gasteiger partial charge in [0.1, 0.15) is 24.5 Å². The fourth-order valence-electron chi connectivity index (χ4n) is 3.23. The molecule has 1 saturated heterocycles. The topological polar surface area (TPSA) is 152 Å². The number of hydrogen-bond donors (Lipinski definition) is 4.